The van der Waals surface area contributed by atoms with Crippen LogP contribution in [0.4, 0.5) is 24.1 Å². The van der Waals surface area contributed by atoms with Crippen LogP contribution in [-0.2, 0) is 4.74 Å². The largest absolute Gasteiger partial charge is 0.444 e. The average Bonchev–Trinajstić information content (AvgIpc) is 2.89. The van der Waals surface area contributed by atoms with E-state index in [1.54, 1.807) is 48.8 Å². The Labute approximate surface area is 243 Å². The number of carbonyl (C=O) groups excluding carboxylic acids is 2. The van der Waals surface area contributed by atoms with E-state index in [1.165, 1.54) is 24.3 Å². The zero-order valence-electron chi connectivity index (χ0n) is 23.7. The van der Waals surface area contributed by atoms with Crippen LogP contribution in [-0.4, -0.2) is 59.0 Å². The van der Waals surface area contributed by atoms with Crippen LogP contribution in [0.1, 0.15) is 38.8 Å². The van der Waals surface area contributed by atoms with Crippen molar-refractivity contribution in [2.45, 2.75) is 46.3 Å². The van der Waals surface area contributed by atoms with Crippen molar-refractivity contribution < 1.29 is 23.1 Å². The number of urea groups is 1. The summed E-state index contributed by atoms with van der Waals surface area (Å²) in [4.78, 5) is 33.5. The van der Waals surface area contributed by atoms with Crippen LogP contribution in [0.15, 0.2) is 65.7 Å². The van der Waals surface area contributed by atoms with Crippen molar-refractivity contribution in [1.82, 2.24) is 9.80 Å². The lowest BCUT2D eigenvalue weighted by Crippen LogP contribution is -2.56. The molecule has 216 valence electrons. The van der Waals surface area contributed by atoms with Crippen LogP contribution in [0.25, 0.3) is 11.1 Å². The van der Waals surface area contributed by atoms with Crippen molar-refractivity contribution >= 4 is 35.2 Å². The monoisotopic (exact) mass is 582 g/mol. The number of nitrogens with one attached hydrogen (secondary N) is 1. The number of benzene rings is 3. The van der Waals surface area contributed by atoms with Gasteiger partial charge in [0.15, 0.2) is 0 Å². The Morgan fingerprint density at radius 3 is 2.34 bits per heavy atom. The Hall–Kier alpha value is -3.98. The third-order valence-corrected chi connectivity index (χ3v) is 6.92. The van der Waals surface area contributed by atoms with E-state index in [9.17, 15) is 14.0 Å². The van der Waals surface area contributed by atoms with Gasteiger partial charge in [0.05, 0.1) is 5.56 Å². The van der Waals surface area contributed by atoms with Gasteiger partial charge in [-0.25, -0.2) is 18.4 Å². The summed E-state index contributed by atoms with van der Waals surface area (Å²) in [7, 11) is 0. The van der Waals surface area contributed by atoms with E-state index in [2.05, 4.69) is 10.3 Å². The summed E-state index contributed by atoms with van der Waals surface area (Å²) >= 11 is 6.56. The number of halogens is 3. The Morgan fingerprint density at radius 1 is 1.00 bits per heavy atom. The van der Waals surface area contributed by atoms with Gasteiger partial charge in [0.1, 0.15) is 23.1 Å². The Morgan fingerprint density at radius 2 is 1.68 bits per heavy atom. The lowest BCUT2D eigenvalue weighted by molar-refractivity contribution is 0.0133. The highest BCUT2D eigenvalue weighted by atomic mass is 35.5. The minimum absolute atomic E-state index is 0.0207. The molecular weight excluding hydrogens is 550 g/mol. The molecule has 0 saturated carbocycles. The molecular formula is C31H33ClF2N4O3. The standard InChI is InChI=1S/C31H33ClF2N4O3/c1-19-10-6-9-13-27(19)35-29(39)36-28(38-15-14-37(18-20(38)2)30(40)41-31(3,4)5)23-16-24(32)22(17-26(23)34)21-11-7-8-12-25(21)33/h6-13,16-17,20H,14-15,18H2,1-5H3,(H,35,39)/b36-28-/t20-/m0/s1. The van der Waals surface area contributed by atoms with Gasteiger partial charge in [0, 0.05) is 47.5 Å². The predicted octanol–water partition coefficient (Wildman–Crippen LogP) is 7.51. The number of piperazine rings is 1. The number of aliphatic imine (C=N–C) groups is 1. The molecule has 1 saturated heterocycles. The number of nitrogens with zero attached hydrogens (tertiary/aromatic N) is 3. The van der Waals surface area contributed by atoms with Crippen LogP contribution in [0.5, 0.6) is 0 Å². The molecule has 7 nitrogen and oxygen atoms in total. The van der Waals surface area contributed by atoms with Crippen molar-refractivity contribution in [2.24, 2.45) is 4.99 Å². The second kappa shape index (κ2) is 12.3. The summed E-state index contributed by atoms with van der Waals surface area (Å²) in [6, 6.07) is 14.6. The maximum Gasteiger partial charge on any atom is 0.410 e. The van der Waals surface area contributed by atoms with Crippen LogP contribution in [0, 0.1) is 18.6 Å². The molecule has 0 bridgehead atoms. The Bertz CT molecular complexity index is 1490. The van der Waals surface area contributed by atoms with Crippen molar-refractivity contribution in [2.75, 3.05) is 25.0 Å². The minimum Gasteiger partial charge on any atom is -0.444 e. The number of carbonyl (C=O) groups is 2. The number of para-hydroxylation sites is 1. The average molecular weight is 583 g/mol. The van der Waals surface area contributed by atoms with E-state index in [4.69, 9.17) is 16.3 Å². The van der Waals surface area contributed by atoms with E-state index >= 15 is 4.39 Å². The molecule has 41 heavy (non-hydrogen) atoms. The zero-order valence-corrected chi connectivity index (χ0v) is 24.4. The number of ether oxygens (including phenoxy) is 1. The first-order valence-electron chi connectivity index (χ1n) is 13.3. The molecule has 1 aliphatic heterocycles. The Balaban J connectivity index is 1.71. The number of hydrogen-bond donors (Lipinski definition) is 1. The highest BCUT2D eigenvalue weighted by Gasteiger charge is 2.33. The summed E-state index contributed by atoms with van der Waals surface area (Å²) in [5.41, 5.74) is 1.05. The summed E-state index contributed by atoms with van der Waals surface area (Å²) in [6.45, 7) is 9.84. The maximum atomic E-state index is 15.8. The van der Waals surface area contributed by atoms with E-state index in [0.29, 0.717) is 5.69 Å². The van der Waals surface area contributed by atoms with Gasteiger partial charge in [-0.1, -0.05) is 48.0 Å². The third-order valence-electron chi connectivity index (χ3n) is 6.61. The molecule has 0 unspecified atom stereocenters. The summed E-state index contributed by atoms with van der Waals surface area (Å²) in [6.07, 6.45) is -0.455. The van der Waals surface area contributed by atoms with Crippen molar-refractivity contribution in [1.29, 1.82) is 0 Å². The molecule has 10 heteroatoms. The SMILES string of the molecule is Cc1ccccc1NC(=O)/N=C(/c1cc(Cl)c(-c2ccccc2F)cc1F)N1CCN(C(=O)OC(C)(C)C)C[C@@H]1C. The molecule has 3 aromatic rings. The number of aryl methyl sites for hydroxylation is 1. The van der Waals surface area contributed by atoms with E-state index in [-0.39, 0.29) is 53.2 Å². The van der Waals surface area contributed by atoms with Crippen LogP contribution >= 0.6 is 11.6 Å². The van der Waals surface area contributed by atoms with Gasteiger partial charge in [-0.15, -0.1) is 0 Å². The highest BCUT2D eigenvalue weighted by Crippen LogP contribution is 2.33. The molecule has 0 radical (unpaired) electrons. The van der Waals surface area contributed by atoms with Crippen LogP contribution in [0.2, 0.25) is 5.02 Å². The molecule has 1 fully saturated rings. The molecule has 0 aliphatic carbocycles. The molecule has 1 atom stereocenters. The third kappa shape index (κ3) is 7.21. The van der Waals surface area contributed by atoms with Crippen molar-refractivity contribution in [3.63, 3.8) is 0 Å². The summed E-state index contributed by atoms with van der Waals surface area (Å²) in [5, 5.41) is 2.85. The van der Waals surface area contributed by atoms with Crippen LogP contribution < -0.4 is 5.32 Å². The zero-order chi connectivity index (χ0) is 29.9. The Kier molecular flexibility index (Phi) is 8.97. The first-order valence-corrected chi connectivity index (χ1v) is 13.7. The van der Waals surface area contributed by atoms with Crippen molar-refractivity contribution in [3.05, 3.63) is 88.4 Å². The van der Waals surface area contributed by atoms with Gasteiger partial charge in [-0.05, 0) is 64.4 Å². The fourth-order valence-corrected chi connectivity index (χ4v) is 4.87. The normalized spacial score (nSPS) is 16.0. The number of amides is 3. The molecule has 1 heterocycles. The first-order chi connectivity index (χ1) is 19.3. The van der Waals surface area contributed by atoms with Gasteiger partial charge < -0.3 is 19.9 Å². The van der Waals surface area contributed by atoms with E-state index in [0.717, 1.165) is 11.6 Å². The summed E-state index contributed by atoms with van der Waals surface area (Å²) in [5.74, 6) is -1.22. The second-order valence-corrected chi connectivity index (χ2v) is 11.3. The lowest BCUT2D eigenvalue weighted by atomic mass is 10.0. The number of anilines is 1. The molecule has 0 aromatic heterocycles. The van der Waals surface area contributed by atoms with E-state index in [1.807, 2.05) is 26.0 Å². The number of rotatable bonds is 3. The van der Waals surface area contributed by atoms with Crippen LogP contribution in [0.3, 0.4) is 0 Å². The second-order valence-electron chi connectivity index (χ2n) is 10.9. The quantitative estimate of drug-likeness (QED) is 0.256. The van der Waals surface area contributed by atoms with Gasteiger partial charge in [0.25, 0.3) is 0 Å². The molecule has 1 N–H and O–H groups in total. The molecule has 3 aromatic carbocycles. The minimum atomic E-state index is -0.725. The lowest BCUT2D eigenvalue weighted by Gasteiger charge is -2.41. The summed E-state index contributed by atoms with van der Waals surface area (Å²) < 4.78 is 35.8. The smallest absolute Gasteiger partial charge is 0.410 e. The molecule has 4 rings (SSSR count). The number of hydrogen-bond acceptors (Lipinski definition) is 3. The molecule has 0 spiro atoms. The highest BCUT2D eigenvalue weighted by molar-refractivity contribution is 6.33. The van der Waals surface area contributed by atoms with Gasteiger partial charge in [-0.3, -0.25) is 0 Å². The fourth-order valence-electron chi connectivity index (χ4n) is 4.60. The van der Waals surface area contributed by atoms with Crippen molar-refractivity contribution in [3.8, 4) is 11.1 Å². The first kappa shape index (κ1) is 30.0. The molecule has 3 amide bonds. The fraction of sp³-hybridized carbons (Fsp3) is 0.323. The van der Waals surface area contributed by atoms with Gasteiger partial charge in [-0.2, -0.15) is 4.99 Å². The van der Waals surface area contributed by atoms with Gasteiger partial charge in [0.2, 0.25) is 0 Å². The predicted molar refractivity (Wildman–Crippen MR) is 158 cm³/mol. The van der Waals surface area contributed by atoms with E-state index < -0.39 is 29.4 Å². The number of amidine groups is 1. The van der Waals surface area contributed by atoms with Gasteiger partial charge >= 0.3 is 12.1 Å². The maximum absolute atomic E-state index is 15.8. The topological polar surface area (TPSA) is 74.2 Å². The molecule has 1 aliphatic rings.